The van der Waals surface area contributed by atoms with Gasteiger partial charge in [0.25, 0.3) is 0 Å². The van der Waals surface area contributed by atoms with Crippen LogP contribution in [0.5, 0.6) is 0 Å². The van der Waals surface area contributed by atoms with Crippen molar-refractivity contribution in [2.45, 2.75) is 44.1 Å². The Morgan fingerprint density at radius 1 is 1.25 bits per heavy atom. The van der Waals surface area contributed by atoms with E-state index >= 15 is 0 Å². The molecule has 0 bridgehead atoms. The van der Waals surface area contributed by atoms with Gasteiger partial charge in [-0.05, 0) is 50.6 Å². The van der Waals surface area contributed by atoms with Crippen LogP contribution in [0.25, 0.3) is 0 Å². The van der Waals surface area contributed by atoms with Crippen LogP contribution < -0.4 is 5.32 Å². The summed E-state index contributed by atoms with van der Waals surface area (Å²) in [4.78, 5) is 14.7. The molecular weight excluding hydrogens is 248 g/mol. The van der Waals surface area contributed by atoms with Gasteiger partial charge < -0.3 is 10.2 Å². The third-order valence-corrected chi connectivity index (χ3v) is 4.89. The molecule has 3 heteroatoms. The van der Waals surface area contributed by atoms with Crippen molar-refractivity contribution in [2.24, 2.45) is 0 Å². The first kappa shape index (κ1) is 13.6. The van der Waals surface area contributed by atoms with Crippen molar-refractivity contribution >= 4 is 5.91 Å². The SMILES string of the molecule is CC1(C(=O)N2CCC(c3ccccc3)CC2)CCCN1. The van der Waals surface area contributed by atoms with Crippen LogP contribution >= 0.6 is 0 Å². The second-order valence-electron chi connectivity index (χ2n) is 6.34. The van der Waals surface area contributed by atoms with Crippen LogP contribution in [0, 0.1) is 0 Å². The van der Waals surface area contributed by atoms with Gasteiger partial charge in [0, 0.05) is 13.1 Å². The highest BCUT2D eigenvalue weighted by molar-refractivity contribution is 5.86. The maximum absolute atomic E-state index is 12.6. The molecule has 1 unspecified atom stereocenters. The van der Waals surface area contributed by atoms with Gasteiger partial charge in [0.15, 0.2) is 0 Å². The van der Waals surface area contributed by atoms with Gasteiger partial charge in [-0.2, -0.15) is 0 Å². The van der Waals surface area contributed by atoms with Gasteiger partial charge in [0.1, 0.15) is 0 Å². The Hall–Kier alpha value is -1.35. The Kier molecular flexibility index (Phi) is 3.79. The van der Waals surface area contributed by atoms with Crippen LogP contribution in [0.3, 0.4) is 0 Å². The maximum atomic E-state index is 12.6. The molecule has 0 aromatic heterocycles. The molecule has 1 amide bonds. The number of carbonyl (C=O) groups excluding carboxylic acids is 1. The predicted octanol–water partition coefficient (Wildman–Crippen LogP) is 2.53. The number of carbonyl (C=O) groups is 1. The Labute approximate surface area is 121 Å². The molecule has 2 aliphatic rings. The lowest BCUT2D eigenvalue weighted by atomic mass is 9.88. The fourth-order valence-corrected chi connectivity index (χ4v) is 3.57. The average molecular weight is 272 g/mol. The van der Waals surface area contributed by atoms with Crippen molar-refractivity contribution in [1.29, 1.82) is 0 Å². The Morgan fingerprint density at radius 3 is 2.55 bits per heavy atom. The van der Waals surface area contributed by atoms with Crippen LogP contribution in [0.4, 0.5) is 0 Å². The number of piperidine rings is 1. The van der Waals surface area contributed by atoms with E-state index in [1.54, 1.807) is 0 Å². The summed E-state index contributed by atoms with van der Waals surface area (Å²) in [5, 5.41) is 3.38. The van der Waals surface area contributed by atoms with E-state index in [1.165, 1.54) is 5.56 Å². The van der Waals surface area contributed by atoms with E-state index in [0.29, 0.717) is 11.8 Å². The van der Waals surface area contributed by atoms with Gasteiger partial charge in [-0.25, -0.2) is 0 Å². The first-order chi connectivity index (χ1) is 9.69. The summed E-state index contributed by atoms with van der Waals surface area (Å²) in [6.07, 6.45) is 4.27. The van der Waals surface area contributed by atoms with Gasteiger partial charge in [0.2, 0.25) is 5.91 Å². The number of nitrogens with one attached hydrogen (secondary N) is 1. The molecule has 1 aromatic rings. The number of nitrogens with zero attached hydrogens (tertiary/aromatic N) is 1. The number of rotatable bonds is 2. The highest BCUT2D eigenvalue weighted by Gasteiger charge is 2.39. The Bertz CT molecular complexity index is 457. The molecule has 20 heavy (non-hydrogen) atoms. The first-order valence-corrected chi connectivity index (χ1v) is 7.78. The van der Waals surface area contributed by atoms with Gasteiger partial charge in [-0.15, -0.1) is 0 Å². The molecule has 108 valence electrons. The second kappa shape index (κ2) is 5.57. The largest absolute Gasteiger partial charge is 0.341 e. The van der Waals surface area contributed by atoms with E-state index in [1.807, 2.05) is 0 Å². The molecule has 1 N–H and O–H groups in total. The van der Waals surface area contributed by atoms with Gasteiger partial charge in [-0.1, -0.05) is 30.3 Å². The fraction of sp³-hybridized carbons (Fsp3) is 0.588. The summed E-state index contributed by atoms with van der Waals surface area (Å²) in [6, 6.07) is 10.7. The number of likely N-dealkylation sites (tertiary alicyclic amines) is 1. The zero-order valence-corrected chi connectivity index (χ0v) is 12.3. The number of benzene rings is 1. The molecule has 0 radical (unpaired) electrons. The number of amides is 1. The van der Waals surface area contributed by atoms with E-state index in [4.69, 9.17) is 0 Å². The molecule has 2 saturated heterocycles. The normalized spacial score (nSPS) is 27.8. The van der Waals surface area contributed by atoms with Crippen LogP contribution in [-0.4, -0.2) is 36.0 Å². The lowest BCUT2D eigenvalue weighted by Crippen LogP contribution is -2.54. The monoisotopic (exact) mass is 272 g/mol. The van der Waals surface area contributed by atoms with E-state index in [-0.39, 0.29) is 5.54 Å². The molecule has 3 nitrogen and oxygen atoms in total. The molecule has 1 atom stereocenters. The van der Waals surface area contributed by atoms with Gasteiger partial charge in [0.05, 0.1) is 5.54 Å². The quantitative estimate of drug-likeness (QED) is 0.897. The third-order valence-electron chi connectivity index (χ3n) is 4.89. The summed E-state index contributed by atoms with van der Waals surface area (Å²) in [6.45, 7) is 4.83. The summed E-state index contributed by atoms with van der Waals surface area (Å²) < 4.78 is 0. The van der Waals surface area contributed by atoms with E-state index in [9.17, 15) is 4.79 Å². The number of hydrogen-bond donors (Lipinski definition) is 1. The zero-order chi connectivity index (χ0) is 14.0. The molecular formula is C17H24N2O. The molecule has 2 aliphatic heterocycles. The van der Waals surface area contributed by atoms with Crippen LogP contribution in [0.2, 0.25) is 0 Å². The lowest BCUT2D eigenvalue weighted by Gasteiger charge is -2.37. The van der Waals surface area contributed by atoms with E-state index < -0.39 is 0 Å². The second-order valence-corrected chi connectivity index (χ2v) is 6.34. The van der Waals surface area contributed by atoms with Crippen molar-refractivity contribution in [2.75, 3.05) is 19.6 Å². The zero-order valence-electron chi connectivity index (χ0n) is 12.3. The molecule has 0 saturated carbocycles. The Morgan fingerprint density at radius 2 is 1.95 bits per heavy atom. The molecule has 1 aromatic carbocycles. The Balaban J connectivity index is 1.60. The number of hydrogen-bond acceptors (Lipinski definition) is 2. The minimum Gasteiger partial charge on any atom is -0.341 e. The summed E-state index contributed by atoms with van der Waals surface area (Å²) in [7, 11) is 0. The molecule has 3 rings (SSSR count). The fourth-order valence-electron chi connectivity index (χ4n) is 3.57. The third kappa shape index (κ3) is 2.59. The standard InChI is InChI=1S/C17H24N2O/c1-17(10-5-11-18-17)16(20)19-12-8-15(9-13-19)14-6-3-2-4-7-14/h2-4,6-7,15,18H,5,8-13H2,1H3. The van der Waals surface area contributed by atoms with Crippen molar-refractivity contribution in [3.05, 3.63) is 35.9 Å². The van der Waals surface area contributed by atoms with Crippen LogP contribution in [-0.2, 0) is 4.79 Å². The van der Waals surface area contributed by atoms with Crippen molar-refractivity contribution < 1.29 is 4.79 Å². The topological polar surface area (TPSA) is 32.3 Å². The minimum absolute atomic E-state index is 0.306. The average Bonchev–Trinajstić information content (AvgIpc) is 2.96. The van der Waals surface area contributed by atoms with Crippen molar-refractivity contribution in [3.8, 4) is 0 Å². The highest BCUT2D eigenvalue weighted by Crippen LogP contribution is 2.30. The molecule has 0 spiro atoms. The van der Waals surface area contributed by atoms with Gasteiger partial charge in [-0.3, -0.25) is 4.79 Å². The molecule has 0 aliphatic carbocycles. The van der Waals surface area contributed by atoms with E-state index in [0.717, 1.165) is 45.3 Å². The summed E-state index contributed by atoms with van der Waals surface area (Å²) >= 11 is 0. The van der Waals surface area contributed by atoms with E-state index in [2.05, 4.69) is 47.5 Å². The predicted molar refractivity (Wildman–Crippen MR) is 80.6 cm³/mol. The summed E-state index contributed by atoms with van der Waals surface area (Å²) in [5.41, 5.74) is 1.12. The van der Waals surface area contributed by atoms with Crippen LogP contribution in [0.1, 0.15) is 44.1 Å². The maximum Gasteiger partial charge on any atom is 0.242 e. The summed E-state index contributed by atoms with van der Waals surface area (Å²) in [5.74, 6) is 0.922. The van der Waals surface area contributed by atoms with Gasteiger partial charge >= 0.3 is 0 Å². The molecule has 2 fully saturated rings. The first-order valence-electron chi connectivity index (χ1n) is 7.78. The minimum atomic E-state index is -0.306. The highest BCUT2D eigenvalue weighted by atomic mass is 16.2. The molecule has 2 heterocycles. The van der Waals surface area contributed by atoms with Crippen molar-refractivity contribution in [1.82, 2.24) is 10.2 Å². The van der Waals surface area contributed by atoms with Crippen LogP contribution in [0.15, 0.2) is 30.3 Å². The lowest BCUT2D eigenvalue weighted by molar-refractivity contribution is -0.138. The smallest absolute Gasteiger partial charge is 0.242 e. The van der Waals surface area contributed by atoms with Crippen molar-refractivity contribution in [3.63, 3.8) is 0 Å².